The first-order valence-corrected chi connectivity index (χ1v) is 10.0. The number of carbonyl (C=O) groups excluding carboxylic acids is 1. The Morgan fingerprint density at radius 3 is 2.73 bits per heavy atom. The first-order chi connectivity index (χ1) is 12.4. The minimum absolute atomic E-state index is 0.0137. The lowest BCUT2D eigenvalue weighted by Crippen LogP contribution is -2.37. The minimum atomic E-state index is -0.282. The molecule has 1 amide bonds. The Balaban J connectivity index is 1.75. The molecule has 7 heteroatoms. The monoisotopic (exact) mass is 391 g/mol. The van der Waals surface area contributed by atoms with Gasteiger partial charge in [0.2, 0.25) is 5.91 Å². The van der Waals surface area contributed by atoms with Gasteiger partial charge >= 0.3 is 0 Å². The number of rotatable bonds is 5. The fraction of sp³-hybridized carbons (Fsp3) is 0.421. The predicted octanol–water partition coefficient (Wildman–Crippen LogP) is 3.73. The Morgan fingerprint density at radius 1 is 1.31 bits per heavy atom. The van der Waals surface area contributed by atoms with Gasteiger partial charge in [-0.1, -0.05) is 42.3 Å². The maximum Gasteiger partial charge on any atom is 0.271 e. The fourth-order valence-corrected chi connectivity index (χ4v) is 3.97. The molecule has 1 aliphatic carbocycles. The molecule has 1 aromatic carbocycles. The number of thioether (sulfide) groups is 1. The fourth-order valence-electron chi connectivity index (χ4n) is 2.98. The van der Waals surface area contributed by atoms with E-state index in [-0.39, 0.29) is 16.7 Å². The molecule has 1 heterocycles. The van der Waals surface area contributed by atoms with E-state index >= 15 is 0 Å². The molecule has 0 radical (unpaired) electrons. The summed E-state index contributed by atoms with van der Waals surface area (Å²) in [5.74, 6) is 0.0137. The van der Waals surface area contributed by atoms with Crippen molar-refractivity contribution in [2.75, 3.05) is 0 Å². The Kier molecular flexibility index (Phi) is 6.04. The van der Waals surface area contributed by atoms with Crippen molar-refractivity contribution in [1.29, 1.82) is 0 Å². The second-order valence-corrected chi connectivity index (χ2v) is 8.37. The normalized spacial score (nSPS) is 15.8. The number of hydrogen-bond acceptors (Lipinski definition) is 4. The van der Waals surface area contributed by atoms with E-state index in [1.54, 1.807) is 18.2 Å². The van der Waals surface area contributed by atoms with Crippen molar-refractivity contribution < 1.29 is 4.79 Å². The second kappa shape index (κ2) is 8.27. The lowest BCUT2D eigenvalue weighted by atomic mass is 10.2. The SMILES string of the molecule is Cc1ccc(-n2nc(S[C@@H](C)C(=O)NC3CCCC3)ccc2=O)cc1Cl. The molecular weight excluding hydrogens is 370 g/mol. The topological polar surface area (TPSA) is 64.0 Å². The molecule has 3 rings (SSSR count). The highest BCUT2D eigenvalue weighted by molar-refractivity contribution is 8.00. The zero-order valence-electron chi connectivity index (χ0n) is 14.9. The van der Waals surface area contributed by atoms with Gasteiger partial charge in [0.15, 0.2) is 0 Å². The standard InChI is InChI=1S/C19H22ClN3O2S/c1-12-7-8-15(11-16(12)20)23-18(24)10-9-17(22-23)26-13(2)19(25)21-14-5-3-4-6-14/h7-11,13-14H,3-6H2,1-2H3,(H,21,25)/t13-/m0/s1. The highest BCUT2D eigenvalue weighted by Crippen LogP contribution is 2.23. The van der Waals surface area contributed by atoms with Crippen LogP contribution in [0, 0.1) is 6.92 Å². The summed E-state index contributed by atoms with van der Waals surface area (Å²) in [6, 6.07) is 8.78. The maximum absolute atomic E-state index is 12.4. The smallest absolute Gasteiger partial charge is 0.271 e. The van der Waals surface area contributed by atoms with Crippen LogP contribution in [0.25, 0.3) is 5.69 Å². The van der Waals surface area contributed by atoms with Crippen molar-refractivity contribution in [2.45, 2.75) is 55.8 Å². The predicted molar refractivity (Wildman–Crippen MR) is 105 cm³/mol. The molecule has 0 spiro atoms. The maximum atomic E-state index is 12.4. The van der Waals surface area contributed by atoms with Gasteiger partial charge in [-0.2, -0.15) is 9.78 Å². The summed E-state index contributed by atoms with van der Waals surface area (Å²) >= 11 is 7.51. The number of aromatic nitrogens is 2. The molecule has 26 heavy (non-hydrogen) atoms. The number of benzene rings is 1. The van der Waals surface area contributed by atoms with E-state index in [0.717, 1.165) is 18.4 Å². The first-order valence-electron chi connectivity index (χ1n) is 8.78. The molecule has 0 unspecified atom stereocenters. The number of nitrogens with zero attached hydrogens (tertiary/aromatic N) is 2. The number of amides is 1. The second-order valence-electron chi connectivity index (χ2n) is 6.61. The average Bonchev–Trinajstić information content (AvgIpc) is 3.12. The van der Waals surface area contributed by atoms with Crippen molar-refractivity contribution in [3.05, 3.63) is 51.3 Å². The van der Waals surface area contributed by atoms with Gasteiger partial charge in [-0.05, 0) is 50.5 Å². The summed E-state index contributed by atoms with van der Waals surface area (Å²) in [4.78, 5) is 24.5. The van der Waals surface area contributed by atoms with Crippen LogP contribution in [0.3, 0.4) is 0 Å². The van der Waals surface area contributed by atoms with E-state index in [9.17, 15) is 9.59 Å². The first kappa shape index (κ1) is 19.0. The lowest BCUT2D eigenvalue weighted by Gasteiger charge is -2.16. The molecule has 1 aliphatic rings. The van der Waals surface area contributed by atoms with Gasteiger partial charge in [-0.25, -0.2) is 0 Å². The van der Waals surface area contributed by atoms with E-state index < -0.39 is 0 Å². The summed E-state index contributed by atoms with van der Waals surface area (Å²) in [5.41, 5.74) is 1.31. The van der Waals surface area contributed by atoms with E-state index in [2.05, 4.69) is 10.4 Å². The highest BCUT2D eigenvalue weighted by Gasteiger charge is 2.21. The van der Waals surface area contributed by atoms with E-state index in [0.29, 0.717) is 21.8 Å². The van der Waals surface area contributed by atoms with Crippen LogP contribution in [0.1, 0.15) is 38.2 Å². The van der Waals surface area contributed by atoms with E-state index in [4.69, 9.17) is 11.6 Å². The molecular formula is C19H22ClN3O2S. The summed E-state index contributed by atoms with van der Waals surface area (Å²) in [5, 5.41) is 8.41. The number of nitrogens with one attached hydrogen (secondary N) is 1. The van der Waals surface area contributed by atoms with Gasteiger partial charge in [0.1, 0.15) is 5.03 Å². The summed E-state index contributed by atoms with van der Waals surface area (Å²) in [6.45, 7) is 3.76. The van der Waals surface area contributed by atoms with Crippen LogP contribution in [0.2, 0.25) is 5.02 Å². The summed E-state index contributed by atoms with van der Waals surface area (Å²) in [6.07, 6.45) is 4.47. The lowest BCUT2D eigenvalue weighted by molar-refractivity contribution is -0.120. The van der Waals surface area contributed by atoms with Gasteiger partial charge in [0, 0.05) is 17.1 Å². The highest BCUT2D eigenvalue weighted by atomic mass is 35.5. The molecule has 1 saturated carbocycles. The van der Waals surface area contributed by atoms with Gasteiger partial charge < -0.3 is 5.32 Å². The molecule has 1 aromatic heterocycles. The zero-order valence-corrected chi connectivity index (χ0v) is 16.4. The quantitative estimate of drug-likeness (QED) is 0.788. The molecule has 0 aliphatic heterocycles. The Morgan fingerprint density at radius 2 is 2.04 bits per heavy atom. The Bertz CT molecular complexity index is 862. The molecule has 138 valence electrons. The largest absolute Gasteiger partial charge is 0.352 e. The molecule has 1 atom stereocenters. The Hall–Kier alpha value is -1.79. The van der Waals surface area contributed by atoms with Crippen LogP contribution < -0.4 is 10.9 Å². The van der Waals surface area contributed by atoms with Gasteiger partial charge in [0.05, 0.1) is 10.9 Å². The molecule has 2 aromatic rings. The van der Waals surface area contributed by atoms with Crippen LogP contribution in [0.5, 0.6) is 0 Å². The van der Waals surface area contributed by atoms with E-state index in [1.165, 1.54) is 35.4 Å². The molecule has 5 nitrogen and oxygen atoms in total. The zero-order chi connectivity index (χ0) is 18.7. The van der Waals surface area contributed by atoms with Crippen molar-refractivity contribution in [2.24, 2.45) is 0 Å². The molecule has 1 fully saturated rings. The molecule has 1 N–H and O–H groups in total. The number of carbonyl (C=O) groups is 1. The molecule has 0 bridgehead atoms. The van der Waals surface area contributed by atoms with E-state index in [1.807, 2.05) is 19.9 Å². The number of hydrogen-bond donors (Lipinski definition) is 1. The van der Waals surface area contributed by atoms with Gasteiger partial charge in [0.25, 0.3) is 5.56 Å². The van der Waals surface area contributed by atoms with Crippen molar-refractivity contribution in [3.8, 4) is 5.69 Å². The molecule has 0 saturated heterocycles. The third-order valence-corrected chi connectivity index (χ3v) is 5.98. The van der Waals surface area contributed by atoms with Crippen molar-refractivity contribution in [1.82, 2.24) is 15.1 Å². The average molecular weight is 392 g/mol. The van der Waals surface area contributed by atoms with Crippen LogP contribution >= 0.6 is 23.4 Å². The Labute approximate surface area is 162 Å². The van der Waals surface area contributed by atoms with Crippen LogP contribution in [0.4, 0.5) is 0 Å². The summed E-state index contributed by atoms with van der Waals surface area (Å²) < 4.78 is 1.31. The third-order valence-electron chi connectivity index (χ3n) is 4.54. The third kappa shape index (κ3) is 4.48. The number of halogens is 1. The van der Waals surface area contributed by atoms with Crippen LogP contribution in [-0.2, 0) is 4.79 Å². The van der Waals surface area contributed by atoms with Crippen LogP contribution in [-0.4, -0.2) is 27.0 Å². The van der Waals surface area contributed by atoms with Gasteiger partial charge in [-0.3, -0.25) is 9.59 Å². The van der Waals surface area contributed by atoms with Crippen molar-refractivity contribution in [3.63, 3.8) is 0 Å². The minimum Gasteiger partial charge on any atom is -0.352 e. The van der Waals surface area contributed by atoms with Crippen LogP contribution in [0.15, 0.2) is 40.2 Å². The van der Waals surface area contributed by atoms with Gasteiger partial charge in [-0.15, -0.1) is 0 Å². The summed E-state index contributed by atoms with van der Waals surface area (Å²) in [7, 11) is 0. The number of aryl methyl sites for hydroxylation is 1. The van der Waals surface area contributed by atoms with Crippen molar-refractivity contribution >= 4 is 29.3 Å².